The highest BCUT2D eigenvalue weighted by molar-refractivity contribution is 7.89. The summed E-state index contributed by atoms with van der Waals surface area (Å²) in [6.07, 6.45) is 6.59. The number of benzene rings is 1. The molecule has 2 saturated heterocycles. The summed E-state index contributed by atoms with van der Waals surface area (Å²) in [5.74, 6) is 0. The van der Waals surface area contributed by atoms with Crippen molar-refractivity contribution in [2.45, 2.75) is 70.2 Å². The first-order valence-corrected chi connectivity index (χ1v) is 12.5. The third-order valence-electron chi connectivity index (χ3n) is 5.65. The van der Waals surface area contributed by atoms with Crippen LogP contribution in [0.25, 0.3) is 0 Å². The Hall–Kier alpha value is -0.950. The van der Waals surface area contributed by atoms with Gasteiger partial charge in [-0.2, -0.15) is 4.31 Å². The predicted molar refractivity (Wildman–Crippen MR) is 117 cm³/mol. The monoisotopic (exact) mass is 409 g/mol. The van der Waals surface area contributed by atoms with Crippen LogP contribution in [-0.4, -0.2) is 62.9 Å². The van der Waals surface area contributed by atoms with Gasteiger partial charge in [0.05, 0.1) is 4.90 Å². The van der Waals surface area contributed by atoms with Gasteiger partial charge in [0.25, 0.3) is 0 Å². The Morgan fingerprint density at radius 1 is 1.04 bits per heavy atom. The first-order chi connectivity index (χ1) is 13.6. The maximum atomic E-state index is 13.3. The van der Waals surface area contributed by atoms with E-state index in [0.717, 1.165) is 57.5 Å². The summed E-state index contributed by atoms with van der Waals surface area (Å²) < 4.78 is 28.4. The molecular formula is C22H39N3O2S. The number of sulfonamides is 1. The molecule has 0 radical (unpaired) electrons. The summed E-state index contributed by atoms with van der Waals surface area (Å²) in [6.45, 7) is 11.7. The summed E-state index contributed by atoms with van der Waals surface area (Å²) >= 11 is 0. The lowest BCUT2D eigenvalue weighted by Gasteiger charge is -2.34. The van der Waals surface area contributed by atoms with Crippen LogP contribution in [0, 0.1) is 6.92 Å². The van der Waals surface area contributed by atoms with Crippen molar-refractivity contribution in [2.24, 2.45) is 0 Å². The number of piperidine rings is 2. The van der Waals surface area contributed by atoms with Crippen molar-refractivity contribution in [3.05, 3.63) is 29.8 Å². The van der Waals surface area contributed by atoms with Crippen molar-refractivity contribution in [2.75, 3.05) is 39.3 Å². The second-order valence-corrected chi connectivity index (χ2v) is 9.56. The van der Waals surface area contributed by atoms with Crippen molar-refractivity contribution in [3.8, 4) is 0 Å². The fraction of sp³-hybridized carbons (Fsp3) is 0.727. The fourth-order valence-corrected chi connectivity index (χ4v) is 5.80. The normalized spacial score (nSPS) is 19.3. The van der Waals surface area contributed by atoms with Crippen molar-refractivity contribution in [3.63, 3.8) is 0 Å². The van der Waals surface area contributed by atoms with E-state index in [1.807, 2.05) is 32.9 Å². The third kappa shape index (κ3) is 6.55. The maximum Gasteiger partial charge on any atom is 0.243 e. The van der Waals surface area contributed by atoms with Gasteiger partial charge >= 0.3 is 0 Å². The number of rotatable bonds is 7. The Balaban J connectivity index is 0.00000136. The highest BCUT2D eigenvalue weighted by atomic mass is 32.2. The van der Waals surface area contributed by atoms with Crippen molar-refractivity contribution < 1.29 is 8.42 Å². The molecular weight excluding hydrogens is 370 g/mol. The maximum absolute atomic E-state index is 13.3. The standard InChI is InChI=1S/C20H33N3O2S.C2H6/c1-18-6-8-20(9-7-18)26(24,25)23(19-10-12-21-13-11-19)17-5-16-22-14-3-2-4-15-22;1-2/h6-9,19,21H,2-5,10-17H2,1H3;1-2H3. The quantitative estimate of drug-likeness (QED) is 0.747. The van der Waals surface area contributed by atoms with E-state index in [1.54, 1.807) is 16.4 Å². The fourth-order valence-electron chi connectivity index (χ4n) is 4.07. The van der Waals surface area contributed by atoms with Crippen LogP contribution in [0.4, 0.5) is 0 Å². The number of likely N-dealkylation sites (tertiary alicyclic amines) is 1. The first kappa shape index (κ1) is 23.3. The van der Waals surface area contributed by atoms with Gasteiger partial charge in [-0.25, -0.2) is 8.42 Å². The zero-order chi connectivity index (χ0) is 20.4. The molecule has 2 heterocycles. The van der Waals surface area contributed by atoms with Crippen LogP contribution in [0.1, 0.15) is 57.9 Å². The van der Waals surface area contributed by atoms with Crippen molar-refractivity contribution in [1.82, 2.24) is 14.5 Å². The lowest BCUT2D eigenvalue weighted by Crippen LogP contribution is -2.47. The molecule has 5 nitrogen and oxygen atoms in total. The van der Waals surface area contributed by atoms with Crippen molar-refractivity contribution in [1.29, 1.82) is 0 Å². The Labute approximate surface area is 172 Å². The SMILES string of the molecule is CC.Cc1ccc(S(=O)(=O)N(CCCN2CCCCC2)C2CCNCC2)cc1. The summed E-state index contributed by atoms with van der Waals surface area (Å²) in [7, 11) is -3.43. The Bertz CT molecular complexity index is 649. The molecule has 0 amide bonds. The lowest BCUT2D eigenvalue weighted by molar-refractivity contribution is 0.205. The van der Waals surface area contributed by atoms with Crippen LogP contribution >= 0.6 is 0 Å². The predicted octanol–water partition coefficient (Wildman–Crippen LogP) is 3.64. The molecule has 2 fully saturated rings. The zero-order valence-corrected chi connectivity index (χ0v) is 18.8. The van der Waals surface area contributed by atoms with E-state index in [1.165, 1.54) is 19.3 Å². The van der Waals surface area contributed by atoms with Gasteiger partial charge < -0.3 is 10.2 Å². The second-order valence-electron chi connectivity index (χ2n) is 7.67. The zero-order valence-electron chi connectivity index (χ0n) is 18.0. The topological polar surface area (TPSA) is 52.7 Å². The molecule has 160 valence electrons. The molecule has 1 aromatic carbocycles. The minimum atomic E-state index is -3.43. The summed E-state index contributed by atoms with van der Waals surface area (Å²) in [5.41, 5.74) is 1.09. The minimum absolute atomic E-state index is 0.115. The van der Waals surface area contributed by atoms with E-state index in [9.17, 15) is 8.42 Å². The number of nitrogens with one attached hydrogen (secondary N) is 1. The molecule has 0 unspecified atom stereocenters. The summed E-state index contributed by atoms with van der Waals surface area (Å²) in [4.78, 5) is 2.92. The van der Waals surface area contributed by atoms with Gasteiger partial charge in [-0.3, -0.25) is 0 Å². The molecule has 0 aromatic heterocycles. The van der Waals surface area contributed by atoms with Crippen LogP contribution in [-0.2, 0) is 10.0 Å². The van der Waals surface area contributed by atoms with Gasteiger partial charge in [0, 0.05) is 12.6 Å². The van der Waals surface area contributed by atoms with Gasteiger partial charge in [-0.1, -0.05) is 38.0 Å². The summed E-state index contributed by atoms with van der Waals surface area (Å²) in [5, 5.41) is 3.35. The Morgan fingerprint density at radius 3 is 2.25 bits per heavy atom. The van der Waals surface area contributed by atoms with Crippen LogP contribution < -0.4 is 5.32 Å². The molecule has 2 aliphatic rings. The third-order valence-corrected chi connectivity index (χ3v) is 7.61. The van der Waals surface area contributed by atoms with Gasteiger partial charge in [0.15, 0.2) is 0 Å². The van der Waals surface area contributed by atoms with Crippen LogP contribution in [0.3, 0.4) is 0 Å². The molecule has 6 heteroatoms. The lowest BCUT2D eigenvalue weighted by atomic mass is 10.1. The summed E-state index contributed by atoms with van der Waals surface area (Å²) in [6, 6.07) is 7.40. The van der Waals surface area contributed by atoms with Crippen LogP contribution in [0.15, 0.2) is 29.2 Å². The molecule has 0 bridgehead atoms. The van der Waals surface area contributed by atoms with E-state index in [2.05, 4.69) is 10.2 Å². The van der Waals surface area contributed by atoms with Gasteiger partial charge in [0.2, 0.25) is 10.0 Å². The van der Waals surface area contributed by atoms with E-state index in [0.29, 0.717) is 11.4 Å². The number of hydrogen-bond donors (Lipinski definition) is 1. The molecule has 3 rings (SSSR count). The highest BCUT2D eigenvalue weighted by Gasteiger charge is 2.32. The minimum Gasteiger partial charge on any atom is -0.317 e. The van der Waals surface area contributed by atoms with Gasteiger partial charge in [0.1, 0.15) is 0 Å². The number of aryl methyl sites for hydroxylation is 1. The van der Waals surface area contributed by atoms with E-state index in [-0.39, 0.29) is 6.04 Å². The molecule has 1 aromatic rings. The van der Waals surface area contributed by atoms with E-state index >= 15 is 0 Å². The van der Waals surface area contributed by atoms with Crippen LogP contribution in [0.2, 0.25) is 0 Å². The first-order valence-electron chi connectivity index (χ1n) is 11.1. The van der Waals surface area contributed by atoms with E-state index < -0.39 is 10.0 Å². The van der Waals surface area contributed by atoms with E-state index in [4.69, 9.17) is 0 Å². The average Bonchev–Trinajstić information content (AvgIpc) is 2.74. The Morgan fingerprint density at radius 2 is 1.64 bits per heavy atom. The molecule has 0 aliphatic carbocycles. The molecule has 0 atom stereocenters. The number of hydrogen-bond acceptors (Lipinski definition) is 4. The molecule has 0 spiro atoms. The second kappa shape index (κ2) is 11.9. The van der Waals surface area contributed by atoms with Crippen LogP contribution in [0.5, 0.6) is 0 Å². The van der Waals surface area contributed by atoms with Gasteiger partial charge in [-0.05, 0) is 83.9 Å². The Kier molecular flexibility index (Phi) is 9.92. The largest absolute Gasteiger partial charge is 0.317 e. The molecule has 28 heavy (non-hydrogen) atoms. The highest BCUT2D eigenvalue weighted by Crippen LogP contribution is 2.23. The molecule has 1 N–H and O–H groups in total. The van der Waals surface area contributed by atoms with Crippen molar-refractivity contribution >= 4 is 10.0 Å². The molecule has 2 aliphatic heterocycles. The van der Waals surface area contributed by atoms with Gasteiger partial charge in [-0.15, -0.1) is 0 Å². The average molecular weight is 410 g/mol. The molecule has 0 saturated carbocycles. The number of nitrogens with zero attached hydrogens (tertiary/aromatic N) is 2. The smallest absolute Gasteiger partial charge is 0.243 e.